The van der Waals surface area contributed by atoms with E-state index in [0.717, 1.165) is 4.47 Å². The Bertz CT molecular complexity index is 1050. The maximum Gasteiger partial charge on any atom is 0.240 e. The molecule has 1 heterocycles. The molecule has 2 aromatic carbocycles. The molecule has 0 spiro atoms. The molecule has 0 bridgehead atoms. The summed E-state index contributed by atoms with van der Waals surface area (Å²) in [5.74, 6) is 0.244. The first-order valence-electron chi connectivity index (χ1n) is 7.76. The van der Waals surface area contributed by atoms with E-state index in [1.807, 2.05) is 0 Å². The van der Waals surface area contributed by atoms with Crippen LogP contribution in [-0.4, -0.2) is 25.9 Å². The number of rotatable bonds is 6. The van der Waals surface area contributed by atoms with Crippen LogP contribution in [0.1, 0.15) is 12.3 Å². The van der Waals surface area contributed by atoms with Gasteiger partial charge in [-0.15, -0.1) is 0 Å². The first-order chi connectivity index (χ1) is 12.3. The van der Waals surface area contributed by atoms with Crippen molar-refractivity contribution in [2.45, 2.75) is 18.2 Å². The van der Waals surface area contributed by atoms with E-state index in [1.165, 1.54) is 12.1 Å². The summed E-state index contributed by atoms with van der Waals surface area (Å²) in [6.45, 7) is 1.74. The van der Waals surface area contributed by atoms with Gasteiger partial charge in [-0.05, 0) is 42.5 Å². The van der Waals surface area contributed by atoms with Gasteiger partial charge in [0.1, 0.15) is 5.52 Å². The summed E-state index contributed by atoms with van der Waals surface area (Å²) in [6.07, 6.45) is 0.00559. The Kier molecular flexibility index (Phi) is 5.40. The number of hydrogen-bond donors (Lipinski definition) is 2. The lowest BCUT2D eigenvalue weighted by Crippen LogP contribution is -2.27. The summed E-state index contributed by atoms with van der Waals surface area (Å²) in [7, 11) is -3.64. The highest BCUT2D eigenvalue weighted by atomic mass is 79.9. The van der Waals surface area contributed by atoms with Crippen molar-refractivity contribution in [3.63, 3.8) is 0 Å². The zero-order valence-corrected chi connectivity index (χ0v) is 16.2. The number of benzene rings is 2. The van der Waals surface area contributed by atoms with Gasteiger partial charge in [0.15, 0.2) is 11.5 Å². The summed E-state index contributed by atoms with van der Waals surface area (Å²) in [4.78, 5) is 16.4. The predicted octanol–water partition coefficient (Wildman–Crippen LogP) is 3.21. The van der Waals surface area contributed by atoms with Crippen LogP contribution in [0.2, 0.25) is 0 Å². The molecule has 9 heteroatoms. The smallest absolute Gasteiger partial charge is 0.240 e. The number of nitrogens with zero attached hydrogens (tertiary/aromatic N) is 1. The first kappa shape index (κ1) is 18.6. The molecular formula is C17H16BrN3O4S. The van der Waals surface area contributed by atoms with E-state index in [-0.39, 0.29) is 23.8 Å². The second kappa shape index (κ2) is 7.56. The van der Waals surface area contributed by atoms with Crippen molar-refractivity contribution in [1.82, 2.24) is 9.71 Å². The molecule has 0 aliphatic rings. The molecule has 0 aliphatic carbocycles. The fourth-order valence-electron chi connectivity index (χ4n) is 2.34. The molecule has 0 unspecified atom stereocenters. The van der Waals surface area contributed by atoms with Crippen molar-refractivity contribution < 1.29 is 17.6 Å². The van der Waals surface area contributed by atoms with E-state index in [0.29, 0.717) is 22.7 Å². The lowest BCUT2D eigenvalue weighted by atomic mass is 10.2. The molecule has 3 rings (SSSR count). The minimum atomic E-state index is -3.64. The van der Waals surface area contributed by atoms with Gasteiger partial charge in [0, 0.05) is 30.0 Å². The number of fused-ring (bicyclic) bond motifs is 1. The number of aromatic nitrogens is 1. The predicted molar refractivity (Wildman–Crippen MR) is 101 cm³/mol. The van der Waals surface area contributed by atoms with Gasteiger partial charge >= 0.3 is 0 Å². The van der Waals surface area contributed by atoms with Crippen molar-refractivity contribution in [3.8, 4) is 0 Å². The van der Waals surface area contributed by atoms with E-state index < -0.39 is 10.0 Å². The minimum Gasteiger partial charge on any atom is -0.441 e. The summed E-state index contributed by atoms with van der Waals surface area (Å²) >= 11 is 3.25. The Hall–Kier alpha value is -2.23. The van der Waals surface area contributed by atoms with Gasteiger partial charge in [-0.25, -0.2) is 18.1 Å². The van der Waals surface area contributed by atoms with Crippen LogP contribution >= 0.6 is 15.9 Å². The van der Waals surface area contributed by atoms with E-state index in [1.54, 1.807) is 37.3 Å². The molecule has 3 aromatic rings. The van der Waals surface area contributed by atoms with Gasteiger partial charge in [0.2, 0.25) is 15.9 Å². The average Bonchev–Trinajstić information content (AvgIpc) is 2.94. The summed E-state index contributed by atoms with van der Waals surface area (Å²) in [6, 6.07) is 11.4. The molecule has 0 radical (unpaired) electrons. The Morgan fingerprint density at radius 2 is 1.92 bits per heavy atom. The van der Waals surface area contributed by atoms with Gasteiger partial charge < -0.3 is 9.73 Å². The monoisotopic (exact) mass is 437 g/mol. The van der Waals surface area contributed by atoms with Crippen LogP contribution in [0.5, 0.6) is 0 Å². The van der Waals surface area contributed by atoms with E-state index in [4.69, 9.17) is 4.42 Å². The van der Waals surface area contributed by atoms with Gasteiger partial charge in [-0.3, -0.25) is 4.79 Å². The van der Waals surface area contributed by atoms with E-state index in [9.17, 15) is 13.2 Å². The Labute approximate surface area is 159 Å². The van der Waals surface area contributed by atoms with Gasteiger partial charge in [0.05, 0.1) is 4.90 Å². The second-order valence-corrected chi connectivity index (χ2v) is 8.25. The van der Waals surface area contributed by atoms with E-state index in [2.05, 4.69) is 31.0 Å². The molecule has 0 atom stereocenters. The topological polar surface area (TPSA) is 101 Å². The standard InChI is InChI=1S/C17H16BrN3O4S/c1-11-20-15-10-13(4-7-16(15)25-11)21-17(22)8-9-19-26(23,24)14-5-2-12(18)3-6-14/h2-7,10,19H,8-9H2,1H3,(H,21,22). The number of halogens is 1. The highest BCUT2D eigenvalue weighted by Crippen LogP contribution is 2.20. The van der Waals surface area contributed by atoms with Gasteiger partial charge in [-0.1, -0.05) is 15.9 Å². The zero-order valence-electron chi connectivity index (χ0n) is 13.8. The molecule has 7 nitrogen and oxygen atoms in total. The third-order valence-electron chi connectivity index (χ3n) is 3.55. The van der Waals surface area contributed by atoms with Crippen molar-refractivity contribution in [1.29, 1.82) is 0 Å². The molecular weight excluding hydrogens is 422 g/mol. The number of sulfonamides is 1. The van der Waals surface area contributed by atoms with Gasteiger partial charge in [0.25, 0.3) is 0 Å². The summed E-state index contributed by atoms with van der Waals surface area (Å²) in [5, 5.41) is 2.72. The largest absolute Gasteiger partial charge is 0.441 e. The van der Waals surface area contributed by atoms with Crippen LogP contribution in [0.3, 0.4) is 0 Å². The number of carbonyl (C=O) groups is 1. The quantitative estimate of drug-likeness (QED) is 0.616. The van der Waals surface area contributed by atoms with Crippen molar-refractivity contribution in [3.05, 3.63) is 52.8 Å². The lowest BCUT2D eigenvalue weighted by molar-refractivity contribution is -0.116. The normalized spacial score (nSPS) is 11.6. The Balaban J connectivity index is 1.55. The minimum absolute atomic E-state index is 0.00442. The van der Waals surface area contributed by atoms with Crippen molar-refractivity contribution in [2.24, 2.45) is 0 Å². The van der Waals surface area contributed by atoms with E-state index >= 15 is 0 Å². The van der Waals surface area contributed by atoms with Crippen LogP contribution in [0.15, 0.2) is 56.2 Å². The Morgan fingerprint density at radius 3 is 2.65 bits per heavy atom. The zero-order chi connectivity index (χ0) is 18.7. The lowest BCUT2D eigenvalue weighted by Gasteiger charge is -2.08. The molecule has 26 heavy (non-hydrogen) atoms. The SMILES string of the molecule is Cc1nc2cc(NC(=O)CCNS(=O)(=O)c3ccc(Br)cc3)ccc2o1. The number of anilines is 1. The molecule has 0 fully saturated rings. The molecule has 1 amide bonds. The maximum absolute atomic E-state index is 12.2. The van der Waals surface area contributed by atoms with Crippen LogP contribution in [0, 0.1) is 6.92 Å². The first-order valence-corrected chi connectivity index (χ1v) is 10.0. The molecule has 2 N–H and O–H groups in total. The molecule has 1 aromatic heterocycles. The molecule has 0 saturated carbocycles. The van der Waals surface area contributed by atoms with Crippen LogP contribution < -0.4 is 10.0 Å². The van der Waals surface area contributed by atoms with Gasteiger partial charge in [-0.2, -0.15) is 0 Å². The number of amides is 1. The second-order valence-electron chi connectivity index (χ2n) is 5.57. The van der Waals surface area contributed by atoms with Crippen LogP contribution in [0.25, 0.3) is 11.1 Å². The third-order valence-corrected chi connectivity index (χ3v) is 5.55. The van der Waals surface area contributed by atoms with Crippen molar-refractivity contribution >= 4 is 48.6 Å². The summed E-state index contributed by atoms with van der Waals surface area (Å²) < 4.78 is 32.9. The molecule has 136 valence electrons. The number of aryl methyl sites for hydroxylation is 1. The van der Waals surface area contributed by atoms with Crippen LogP contribution in [-0.2, 0) is 14.8 Å². The number of nitrogens with one attached hydrogen (secondary N) is 2. The summed E-state index contributed by atoms with van der Waals surface area (Å²) in [5.41, 5.74) is 1.87. The Morgan fingerprint density at radius 1 is 1.19 bits per heavy atom. The van der Waals surface area contributed by atoms with Crippen LogP contribution in [0.4, 0.5) is 5.69 Å². The number of carbonyl (C=O) groups excluding carboxylic acids is 1. The number of hydrogen-bond acceptors (Lipinski definition) is 5. The average molecular weight is 438 g/mol. The fraction of sp³-hybridized carbons (Fsp3) is 0.176. The number of oxazole rings is 1. The van der Waals surface area contributed by atoms with Crippen molar-refractivity contribution in [2.75, 3.05) is 11.9 Å². The third kappa shape index (κ3) is 4.48. The molecule has 0 saturated heterocycles. The highest BCUT2D eigenvalue weighted by molar-refractivity contribution is 9.10. The fourth-order valence-corrected chi connectivity index (χ4v) is 3.64. The maximum atomic E-state index is 12.2. The molecule has 0 aliphatic heterocycles. The highest BCUT2D eigenvalue weighted by Gasteiger charge is 2.14.